The Morgan fingerprint density at radius 3 is 2.72 bits per heavy atom. The number of pyridine rings is 1. The smallest absolute Gasteiger partial charge is 0.312 e. The molecule has 4 nitrogen and oxygen atoms in total. The number of nitrogens with zero attached hydrogens (tertiary/aromatic N) is 1. The van der Waals surface area contributed by atoms with Crippen LogP contribution in [-0.4, -0.2) is 22.7 Å². The molecule has 0 saturated heterocycles. The van der Waals surface area contributed by atoms with Crippen LogP contribution in [0.4, 0.5) is 8.78 Å². The minimum absolute atomic E-state index is 0.0345. The van der Waals surface area contributed by atoms with Gasteiger partial charge in [-0.15, -0.1) is 0 Å². The summed E-state index contributed by atoms with van der Waals surface area (Å²) in [5.74, 6) is -0.992. The molecule has 0 atom stereocenters. The van der Waals surface area contributed by atoms with Crippen molar-refractivity contribution < 1.29 is 23.4 Å². The van der Waals surface area contributed by atoms with Crippen LogP contribution >= 0.6 is 15.9 Å². The molecule has 1 rings (SSSR count). The molecule has 1 aromatic heterocycles. The molecule has 100 valence electrons. The van der Waals surface area contributed by atoms with Crippen LogP contribution in [0, 0.1) is 0 Å². The number of rotatable bonds is 5. The van der Waals surface area contributed by atoms with Gasteiger partial charge in [0.2, 0.25) is 0 Å². The van der Waals surface area contributed by atoms with Gasteiger partial charge in [0, 0.05) is 10.9 Å². The number of alkyl halides is 3. The maximum atomic E-state index is 12.6. The Balaban J connectivity index is 3.04. The molecule has 0 saturated carbocycles. The Labute approximate surface area is 111 Å². The molecule has 0 amide bonds. The standard InChI is InChI=1S/C11H12BrF2NO3/c1-2-18-10(17)4-7-9(16)3-6(11(13)14)8(5-12)15-7/h3,11,16H,2,4-5H2,1H3. The largest absolute Gasteiger partial charge is 0.506 e. The lowest BCUT2D eigenvalue weighted by atomic mass is 10.1. The summed E-state index contributed by atoms with van der Waals surface area (Å²) in [5, 5.41) is 9.67. The number of halogens is 3. The molecule has 0 spiro atoms. The van der Waals surface area contributed by atoms with Crippen LogP contribution in [0.5, 0.6) is 5.75 Å². The molecular formula is C11H12BrF2NO3. The van der Waals surface area contributed by atoms with Crippen LogP contribution in [0.25, 0.3) is 0 Å². The van der Waals surface area contributed by atoms with Gasteiger partial charge in [-0.3, -0.25) is 9.78 Å². The Bertz CT molecular complexity index is 441. The normalized spacial score (nSPS) is 10.7. The van der Waals surface area contributed by atoms with Crippen LogP contribution < -0.4 is 0 Å². The van der Waals surface area contributed by atoms with Gasteiger partial charge in [0.05, 0.1) is 24.4 Å². The minimum Gasteiger partial charge on any atom is -0.506 e. The summed E-state index contributed by atoms with van der Waals surface area (Å²) in [6, 6.07) is 0.933. The molecule has 0 fully saturated rings. The average Bonchev–Trinajstić information content (AvgIpc) is 2.31. The van der Waals surface area contributed by atoms with Gasteiger partial charge in [0.1, 0.15) is 5.75 Å². The lowest BCUT2D eigenvalue weighted by Gasteiger charge is -2.10. The highest BCUT2D eigenvalue weighted by Crippen LogP contribution is 2.29. The number of hydrogen-bond acceptors (Lipinski definition) is 4. The zero-order valence-corrected chi connectivity index (χ0v) is 11.2. The molecule has 18 heavy (non-hydrogen) atoms. The van der Waals surface area contributed by atoms with Crippen molar-refractivity contribution in [3.8, 4) is 5.75 Å². The molecule has 0 aliphatic rings. The van der Waals surface area contributed by atoms with Crippen LogP contribution in [0.15, 0.2) is 6.07 Å². The quantitative estimate of drug-likeness (QED) is 0.668. The van der Waals surface area contributed by atoms with Crippen molar-refractivity contribution in [3.05, 3.63) is 23.0 Å². The third-order valence-corrected chi connectivity index (χ3v) is 2.70. The number of aromatic hydroxyl groups is 1. The highest BCUT2D eigenvalue weighted by atomic mass is 79.9. The van der Waals surface area contributed by atoms with E-state index < -0.39 is 18.1 Å². The first kappa shape index (κ1) is 14.8. The second-order valence-electron chi connectivity index (χ2n) is 3.41. The summed E-state index contributed by atoms with van der Waals surface area (Å²) in [7, 11) is 0. The lowest BCUT2D eigenvalue weighted by Crippen LogP contribution is -2.10. The fourth-order valence-electron chi connectivity index (χ4n) is 1.37. The summed E-state index contributed by atoms with van der Waals surface area (Å²) >= 11 is 3.04. The molecule has 1 aromatic rings. The molecule has 0 aromatic carbocycles. The number of carbonyl (C=O) groups is 1. The van der Waals surface area contributed by atoms with Crippen molar-refractivity contribution in [2.75, 3.05) is 6.61 Å². The maximum absolute atomic E-state index is 12.6. The molecule has 0 bridgehead atoms. The van der Waals surface area contributed by atoms with Crippen LogP contribution in [0.2, 0.25) is 0 Å². The second-order valence-corrected chi connectivity index (χ2v) is 3.97. The number of hydrogen-bond donors (Lipinski definition) is 1. The number of ether oxygens (including phenoxy) is 1. The number of aromatic nitrogens is 1. The Morgan fingerprint density at radius 2 is 2.22 bits per heavy atom. The van der Waals surface area contributed by atoms with Crippen molar-refractivity contribution >= 4 is 21.9 Å². The predicted octanol–water partition coefficient (Wildman–Crippen LogP) is 2.73. The third-order valence-electron chi connectivity index (χ3n) is 2.17. The van der Waals surface area contributed by atoms with E-state index in [1.807, 2.05) is 0 Å². The van der Waals surface area contributed by atoms with Gasteiger partial charge in [-0.25, -0.2) is 8.78 Å². The van der Waals surface area contributed by atoms with E-state index in [1.165, 1.54) is 0 Å². The highest BCUT2D eigenvalue weighted by molar-refractivity contribution is 9.08. The summed E-state index contributed by atoms with van der Waals surface area (Å²) in [4.78, 5) is 15.1. The zero-order valence-electron chi connectivity index (χ0n) is 9.62. The van der Waals surface area contributed by atoms with Crippen molar-refractivity contribution in [3.63, 3.8) is 0 Å². The van der Waals surface area contributed by atoms with Gasteiger partial charge in [0.25, 0.3) is 6.43 Å². The summed E-state index contributed by atoms with van der Waals surface area (Å²) in [6.45, 7) is 1.86. The molecule has 0 unspecified atom stereocenters. The van der Waals surface area contributed by atoms with Gasteiger partial charge < -0.3 is 9.84 Å². The van der Waals surface area contributed by atoms with E-state index in [2.05, 4.69) is 20.9 Å². The van der Waals surface area contributed by atoms with Gasteiger partial charge in [-0.2, -0.15) is 0 Å². The van der Waals surface area contributed by atoms with E-state index in [9.17, 15) is 18.7 Å². The van der Waals surface area contributed by atoms with Gasteiger partial charge in [-0.05, 0) is 13.0 Å². The van der Waals surface area contributed by atoms with Crippen molar-refractivity contribution in [1.82, 2.24) is 4.98 Å². The van der Waals surface area contributed by atoms with Crippen molar-refractivity contribution in [2.24, 2.45) is 0 Å². The minimum atomic E-state index is -2.73. The molecule has 0 aliphatic heterocycles. The molecule has 1 N–H and O–H groups in total. The maximum Gasteiger partial charge on any atom is 0.312 e. The average molecular weight is 324 g/mol. The van der Waals surface area contributed by atoms with E-state index in [0.717, 1.165) is 6.07 Å². The van der Waals surface area contributed by atoms with E-state index in [4.69, 9.17) is 4.74 Å². The third kappa shape index (κ3) is 3.63. The topological polar surface area (TPSA) is 59.4 Å². The number of carbonyl (C=O) groups excluding carboxylic acids is 1. The van der Waals surface area contributed by atoms with E-state index >= 15 is 0 Å². The van der Waals surface area contributed by atoms with E-state index in [0.29, 0.717) is 0 Å². The predicted molar refractivity (Wildman–Crippen MR) is 63.8 cm³/mol. The molecule has 0 radical (unpaired) electrons. The fraction of sp³-hybridized carbons (Fsp3) is 0.455. The SMILES string of the molecule is CCOC(=O)Cc1nc(CBr)c(C(F)F)cc1O. The van der Waals surface area contributed by atoms with Gasteiger partial charge in [-0.1, -0.05) is 15.9 Å². The first-order chi connectivity index (χ1) is 8.49. The van der Waals surface area contributed by atoms with E-state index in [-0.39, 0.29) is 35.3 Å². The Morgan fingerprint density at radius 1 is 1.56 bits per heavy atom. The molecule has 0 aliphatic carbocycles. The molecular weight excluding hydrogens is 312 g/mol. The van der Waals surface area contributed by atoms with Crippen molar-refractivity contribution in [2.45, 2.75) is 25.1 Å². The Hall–Kier alpha value is -1.24. The monoisotopic (exact) mass is 323 g/mol. The van der Waals surface area contributed by atoms with Gasteiger partial charge in [0.15, 0.2) is 0 Å². The number of esters is 1. The fourth-order valence-corrected chi connectivity index (χ4v) is 1.82. The first-order valence-electron chi connectivity index (χ1n) is 5.21. The first-order valence-corrected chi connectivity index (χ1v) is 6.33. The molecule has 1 heterocycles. The van der Waals surface area contributed by atoms with Gasteiger partial charge >= 0.3 is 5.97 Å². The summed E-state index contributed by atoms with van der Waals surface area (Å²) in [6.07, 6.45) is -2.98. The van der Waals surface area contributed by atoms with Crippen LogP contribution in [-0.2, 0) is 21.3 Å². The van der Waals surface area contributed by atoms with Crippen LogP contribution in [0.1, 0.15) is 30.3 Å². The summed E-state index contributed by atoms with van der Waals surface area (Å²) in [5.41, 5.74) is -0.216. The highest BCUT2D eigenvalue weighted by Gasteiger charge is 2.19. The van der Waals surface area contributed by atoms with E-state index in [1.54, 1.807) is 6.92 Å². The van der Waals surface area contributed by atoms with Crippen molar-refractivity contribution in [1.29, 1.82) is 0 Å². The zero-order chi connectivity index (χ0) is 13.7. The second kappa shape index (κ2) is 6.63. The van der Waals surface area contributed by atoms with Crippen LogP contribution in [0.3, 0.4) is 0 Å². The summed E-state index contributed by atoms with van der Waals surface area (Å²) < 4.78 is 30.0. The lowest BCUT2D eigenvalue weighted by molar-refractivity contribution is -0.142. The Kier molecular flexibility index (Phi) is 5.46. The molecule has 7 heteroatoms.